The van der Waals surface area contributed by atoms with Gasteiger partial charge in [0.25, 0.3) is 0 Å². The predicted octanol–water partition coefficient (Wildman–Crippen LogP) is 5.83. The van der Waals surface area contributed by atoms with Crippen LogP contribution in [0.4, 0.5) is 0 Å². The first-order valence-corrected chi connectivity index (χ1v) is 8.78. The van der Waals surface area contributed by atoms with E-state index >= 15 is 0 Å². The molecule has 0 heterocycles. The van der Waals surface area contributed by atoms with E-state index in [1.165, 1.54) is 0 Å². The first kappa shape index (κ1) is 18.5. The minimum absolute atomic E-state index is 0.263. The first-order valence-electron chi connectivity index (χ1n) is 8.78. The van der Waals surface area contributed by atoms with Gasteiger partial charge in [-0.15, -0.1) is 0 Å². The average Bonchev–Trinajstić information content (AvgIpc) is 2.74. The van der Waals surface area contributed by atoms with Gasteiger partial charge in [-0.25, -0.2) is 0 Å². The fraction of sp³-hybridized carbons (Fsp3) is 0.182. The van der Waals surface area contributed by atoms with E-state index in [1.54, 1.807) is 0 Å². The summed E-state index contributed by atoms with van der Waals surface area (Å²) < 4.78 is 11.8. The number of benzene rings is 3. The van der Waals surface area contributed by atoms with Crippen LogP contribution in [0, 0.1) is 0 Å². The lowest BCUT2D eigenvalue weighted by atomic mass is 10.1. The van der Waals surface area contributed by atoms with Gasteiger partial charge < -0.3 is 9.47 Å². The Morgan fingerprint density at radius 1 is 0.778 bits per heavy atom. The molecule has 3 rings (SSSR count). The molecule has 0 saturated heterocycles. The Morgan fingerprint density at radius 2 is 1.41 bits per heavy atom. The number of ether oxygens (including phenoxy) is 2. The lowest BCUT2D eigenvalue weighted by molar-refractivity contribution is 0.0457. The van der Waals surface area contributed by atoms with Crippen molar-refractivity contribution < 1.29 is 9.47 Å². The summed E-state index contributed by atoms with van der Waals surface area (Å²) >= 11 is 0. The lowest BCUT2D eigenvalue weighted by Crippen LogP contribution is -2.07. The normalized spacial score (nSPS) is 11.4. The molecule has 5 heteroatoms. The number of hydrogen-bond donors (Lipinski definition) is 0. The Morgan fingerprint density at radius 3 is 2.07 bits per heavy atom. The number of nitrogens with zero attached hydrogens (tertiary/aromatic N) is 3. The molecule has 1 atom stereocenters. The van der Waals surface area contributed by atoms with E-state index < -0.39 is 0 Å². The quantitative estimate of drug-likeness (QED) is 0.274. The zero-order chi connectivity index (χ0) is 18.7. The minimum atomic E-state index is -0.267. The van der Waals surface area contributed by atoms with Crippen LogP contribution in [-0.4, -0.2) is 6.54 Å². The van der Waals surface area contributed by atoms with Crippen LogP contribution in [0.5, 0.6) is 5.75 Å². The molecule has 1 unspecified atom stereocenters. The van der Waals surface area contributed by atoms with Crippen LogP contribution in [0.15, 0.2) is 90.0 Å². The molecule has 0 aliphatic heterocycles. The summed E-state index contributed by atoms with van der Waals surface area (Å²) in [5, 5.41) is 3.66. The van der Waals surface area contributed by atoms with Crippen LogP contribution < -0.4 is 4.74 Å². The lowest BCUT2D eigenvalue weighted by Gasteiger charge is -2.16. The zero-order valence-electron chi connectivity index (χ0n) is 14.9. The SMILES string of the molecule is [N-]=[N+]=NCC(OCc1ccc(OCc2ccccc2)cc1)c1ccccc1. The fourth-order valence-corrected chi connectivity index (χ4v) is 2.65. The third kappa shape index (κ3) is 5.89. The van der Waals surface area contributed by atoms with Gasteiger partial charge in [0.2, 0.25) is 0 Å². The summed E-state index contributed by atoms with van der Waals surface area (Å²) in [4.78, 5) is 2.84. The largest absolute Gasteiger partial charge is 0.489 e. The van der Waals surface area contributed by atoms with Gasteiger partial charge in [-0.1, -0.05) is 77.9 Å². The number of rotatable bonds is 9. The Hall–Kier alpha value is -3.27. The van der Waals surface area contributed by atoms with Crippen molar-refractivity contribution in [1.82, 2.24) is 0 Å². The van der Waals surface area contributed by atoms with Gasteiger partial charge in [0, 0.05) is 4.91 Å². The topological polar surface area (TPSA) is 67.2 Å². The fourth-order valence-electron chi connectivity index (χ4n) is 2.65. The molecule has 0 aliphatic carbocycles. The average molecular weight is 359 g/mol. The molecule has 0 N–H and O–H groups in total. The van der Waals surface area contributed by atoms with E-state index in [0.717, 1.165) is 22.4 Å². The maximum Gasteiger partial charge on any atom is 0.119 e. The molecule has 3 aromatic carbocycles. The maximum absolute atomic E-state index is 8.60. The highest BCUT2D eigenvalue weighted by Gasteiger charge is 2.11. The Kier molecular flexibility index (Phi) is 6.87. The van der Waals surface area contributed by atoms with E-state index in [4.69, 9.17) is 15.0 Å². The summed E-state index contributed by atoms with van der Waals surface area (Å²) in [7, 11) is 0. The van der Waals surface area contributed by atoms with E-state index in [0.29, 0.717) is 13.2 Å². The van der Waals surface area contributed by atoms with E-state index in [1.807, 2.05) is 84.9 Å². The third-order valence-corrected chi connectivity index (χ3v) is 4.10. The van der Waals surface area contributed by atoms with Gasteiger partial charge in [-0.3, -0.25) is 0 Å². The van der Waals surface area contributed by atoms with Crippen LogP contribution in [-0.2, 0) is 18.0 Å². The molecule has 0 spiro atoms. The molecule has 0 bridgehead atoms. The molecule has 0 radical (unpaired) electrons. The Labute approximate surface area is 158 Å². The van der Waals surface area contributed by atoms with Gasteiger partial charge in [-0.2, -0.15) is 0 Å². The van der Waals surface area contributed by atoms with Gasteiger partial charge in [-0.05, 0) is 34.4 Å². The standard InChI is InChI=1S/C22H21N3O2/c23-25-24-15-22(20-9-5-2-6-10-20)27-17-19-11-13-21(14-12-19)26-16-18-7-3-1-4-8-18/h1-14,22H,15-17H2. The molecular formula is C22H21N3O2. The molecule has 5 nitrogen and oxygen atoms in total. The second-order valence-electron chi connectivity index (χ2n) is 6.04. The monoisotopic (exact) mass is 359 g/mol. The molecule has 0 aliphatic rings. The second kappa shape index (κ2) is 10.0. The third-order valence-electron chi connectivity index (χ3n) is 4.10. The predicted molar refractivity (Wildman–Crippen MR) is 105 cm³/mol. The van der Waals surface area contributed by atoms with Crippen molar-refractivity contribution >= 4 is 0 Å². The van der Waals surface area contributed by atoms with Crippen LogP contribution in [0.2, 0.25) is 0 Å². The van der Waals surface area contributed by atoms with Gasteiger partial charge in [0.05, 0.1) is 19.3 Å². The minimum Gasteiger partial charge on any atom is -0.489 e. The first-order chi connectivity index (χ1) is 13.3. The highest BCUT2D eigenvalue weighted by atomic mass is 16.5. The smallest absolute Gasteiger partial charge is 0.119 e. The van der Waals surface area contributed by atoms with Gasteiger partial charge in [0.15, 0.2) is 0 Å². The number of hydrogen-bond acceptors (Lipinski definition) is 3. The highest BCUT2D eigenvalue weighted by Crippen LogP contribution is 2.21. The van der Waals surface area contributed by atoms with Crippen LogP contribution in [0.3, 0.4) is 0 Å². The van der Waals surface area contributed by atoms with Crippen LogP contribution >= 0.6 is 0 Å². The molecule has 0 amide bonds. The summed E-state index contributed by atoms with van der Waals surface area (Å²) in [6.45, 7) is 1.23. The molecule has 136 valence electrons. The summed E-state index contributed by atoms with van der Waals surface area (Å²) in [5.41, 5.74) is 11.8. The van der Waals surface area contributed by atoms with E-state index in [9.17, 15) is 0 Å². The second-order valence-corrected chi connectivity index (χ2v) is 6.04. The molecule has 3 aromatic rings. The number of azide groups is 1. The summed E-state index contributed by atoms with van der Waals surface area (Å²) in [6.07, 6.45) is -0.267. The van der Waals surface area contributed by atoms with Gasteiger partial charge in [0.1, 0.15) is 12.4 Å². The summed E-state index contributed by atoms with van der Waals surface area (Å²) in [5.74, 6) is 0.816. The van der Waals surface area contributed by atoms with E-state index in [-0.39, 0.29) is 12.6 Å². The molecule has 0 saturated carbocycles. The zero-order valence-corrected chi connectivity index (χ0v) is 14.9. The van der Waals surface area contributed by atoms with E-state index in [2.05, 4.69) is 10.0 Å². The molecule has 0 fully saturated rings. The van der Waals surface area contributed by atoms with Crippen molar-refractivity contribution in [3.05, 3.63) is 112 Å². The molecule has 0 aromatic heterocycles. The maximum atomic E-state index is 8.60. The van der Waals surface area contributed by atoms with Crippen molar-refractivity contribution in [2.24, 2.45) is 5.11 Å². The van der Waals surface area contributed by atoms with Crippen molar-refractivity contribution in [2.75, 3.05) is 6.54 Å². The van der Waals surface area contributed by atoms with Crippen molar-refractivity contribution in [1.29, 1.82) is 0 Å². The van der Waals surface area contributed by atoms with Crippen LogP contribution in [0.25, 0.3) is 10.4 Å². The molecular weight excluding hydrogens is 338 g/mol. The Bertz CT molecular complexity index is 861. The van der Waals surface area contributed by atoms with Crippen LogP contribution in [0.1, 0.15) is 22.8 Å². The highest BCUT2D eigenvalue weighted by molar-refractivity contribution is 5.27. The molecule has 27 heavy (non-hydrogen) atoms. The summed E-state index contributed by atoms with van der Waals surface area (Å²) in [6, 6.07) is 27.7. The van der Waals surface area contributed by atoms with Crippen molar-refractivity contribution in [3.8, 4) is 5.75 Å². The van der Waals surface area contributed by atoms with Crippen molar-refractivity contribution in [2.45, 2.75) is 19.3 Å². The van der Waals surface area contributed by atoms with Gasteiger partial charge >= 0.3 is 0 Å². The van der Waals surface area contributed by atoms with Crippen molar-refractivity contribution in [3.63, 3.8) is 0 Å². The Balaban J connectivity index is 1.55.